The van der Waals surface area contributed by atoms with Gasteiger partial charge in [-0.25, -0.2) is 9.59 Å². The summed E-state index contributed by atoms with van der Waals surface area (Å²) < 4.78 is 0. The van der Waals surface area contributed by atoms with Gasteiger partial charge in [-0.15, -0.1) is 0 Å². The van der Waals surface area contributed by atoms with Crippen LogP contribution < -0.4 is 15.1 Å². The minimum absolute atomic E-state index is 0.0849. The topological polar surface area (TPSA) is 93.2 Å². The molecular weight excluding hydrogens is 396 g/mol. The second kappa shape index (κ2) is 9.07. The summed E-state index contributed by atoms with van der Waals surface area (Å²) >= 11 is 0. The van der Waals surface area contributed by atoms with Crippen molar-refractivity contribution >= 4 is 29.4 Å². The fourth-order valence-electron chi connectivity index (χ4n) is 4.18. The van der Waals surface area contributed by atoms with Gasteiger partial charge in [0.25, 0.3) is 5.91 Å². The zero-order valence-electron chi connectivity index (χ0n) is 17.2. The summed E-state index contributed by atoms with van der Waals surface area (Å²) in [5.41, 5.74) is 2.03. The molecule has 0 atom stereocenters. The molecule has 8 heteroatoms. The summed E-state index contributed by atoms with van der Waals surface area (Å²) in [5, 5.41) is 12.1. The fourth-order valence-corrected chi connectivity index (χ4v) is 4.18. The number of hydrogen-bond donors (Lipinski definition) is 2. The first-order chi connectivity index (χ1) is 15.0. The molecule has 4 amide bonds. The second-order valence-corrected chi connectivity index (χ2v) is 7.86. The van der Waals surface area contributed by atoms with E-state index >= 15 is 0 Å². The minimum atomic E-state index is -0.887. The highest BCUT2D eigenvalue weighted by Crippen LogP contribution is 2.33. The van der Waals surface area contributed by atoms with E-state index < -0.39 is 6.09 Å². The van der Waals surface area contributed by atoms with Crippen LogP contribution in [0.3, 0.4) is 0 Å². The predicted molar refractivity (Wildman–Crippen MR) is 118 cm³/mol. The van der Waals surface area contributed by atoms with E-state index in [0.29, 0.717) is 49.7 Å². The quantitative estimate of drug-likeness (QED) is 0.794. The summed E-state index contributed by atoms with van der Waals surface area (Å²) in [6, 6.07) is 16.4. The number of carbonyl (C=O) groups is 3. The standard InChI is InChI=1S/C23H26N4O4/c28-21(18-6-2-1-3-7-18)26-14-15-27(20-9-5-4-8-19(20)26)22(29)24-16-17-10-12-25(13-11-17)23(30)31/h1-9,17H,10-16H2,(H,24,29)(H,30,31). The maximum Gasteiger partial charge on any atom is 0.407 e. The van der Waals surface area contributed by atoms with E-state index in [4.69, 9.17) is 5.11 Å². The van der Waals surface area contributed by atoms with Gasteiger partial charge >= 0.3 is 12.1 Å². The van der Waals surface area contributed by atoms with Crippen LogP contribution in [0.1, 0.15) is 23.2 Å². The molecule has 2 aromatic rings. The Bertz CT molecular complexity index is 957. The molecule has 2 N–H and O–H groups in total. The first-order valence-corrected chi connectivity index (χ1v) is 10.5. The number of nitrogens with zero attached hydrogens (tertiary/aromatic N) is 3. The molecule has 4 rings (SSSR count). The number of carbonyl (C=O) groups excluding carboxylic acids is 2. The van der Waals surface area contributed by atoms with Gasteiger partial charge in [0, 0.05) is 38.3 Å². The molecule has 0 aliphatic carbocycles. The summed E-state index contributed by atoms with van der Waals surface area (Å²) in [5.74, 6) is 0.175. The lowest BCUT2D eigenvalue weighted by Crippen LogP contribution is -2.50. The van der Waals surface area contributed by atoms with Gasteiger partial charge in [-0.1, -0.05) is 30.3 Å². The molecule has 0 radical (unpaired) electrons. The molecule has 0 unspecified atom stereocenters. The zero-order chi connectivity index (χ0) is 21.8. The predicted octanol–water partition coefficient (Wildman–Crippen LogP) is 3.25. The molecule has 0 aromatic heterocycles. The Hall–Kier alpha value is -3.55. The number of benzene rings is 2. The number of urea groups is 1. The van der Waals surface area contributed by atoms with E-state index in [0.717, 1.165) is 12.8 Å². The van der Waals surface area contributed by atoms with E-state index in [1.54, 1.807) is 21.9 Å². The molecule has 162 valence electrons. The average Bonchev–Trinajstić information content (AvgIpc) is 2.82. The molecule has 2 aromatic carbocycles. The highest BCUT2D eigenvalue weighted by molar-refractivity contribution is 6.10. The van der Waals surface area contributed by atoms with Crippen molar-refractivity contribution < 1.29 is 19.5 Å². The average molecular weight is 422 g/mol. The Balaban J connectivity index is 1.42. The van der Waals surface area contributed by atoms with Crippen molar-refractivity contribution in [2.45, 2.75) is 12.8 Å². The maximum atomic E-state index is 13.0. The molecule has 2 heterocycles. The monoisotopic (exact) mass is 422 g/mol. The van der Waals surface area contributed by atoms with Crippen LogP contribution in [0.4, 0.5) is 21.0 Å². The molecule has 0 bridgehead atoms. The van der Waals surface area contributed by atoms with Gasteiger partial charge in [-0.3, -0.25) is 9.69 Å². The van der Waals surface area contributed by atoms with Crippen LogP contribution in [0, 0.1) is 5.92 Å². The lowest BCUT2D eigenvalue weighted by molar-refractivity contribution is 0.0986. The molecule has 1 saturated heterocycles. The van der Waals surface area contributed by atoms with Crippen molar-refractivity contribution in [1.29, 1.82) is 0 Å². The highest BCUT2D eigenvalue weighted by atomic mass is 16.4. The van der Waals surface area contributed by atoms with E-state index in [2.05, 4.69) is 5.32 Å². The molecule has 0 saturated carbocycles. The summed E-state index contributed by atoms with van der Waals surface area (Å²) in [6.07, 6.45) is 0.590. The number of anilines is 2. The highest BCUT2D eigenvalue weighted by Gasteiger charge is 2.31. The minimum Gasteiger partial charge on any atom is -0.465 e. The van der Waals surface area contributed by atoms with Gasteiger partial charge < -0.3 is 20.2 Å². The van der Waals surface area contributed by atoms with Gasteiger partial charge in [0.05, 0.1) is 11.4 Å². The SMILES string of the molecule is O=C(O)N1CCC(CNC(=O)N2CCN(C(=O)c3ccccc3)c3ccccc32)CC1. The summed E-state index contributed by atoms with van der Waals surface area (Å²) in [6.45, 7) is 2.32. The number of piperidine rings is 1. The number of hydrogen-bond acceptors (Lipinski definition) is 3. The van der Waals surface area contributed by atoms with Gasteiger partial charge in [0.15, 0.2) is 0 Å². The van der Waals surface area contributed by atoms with Crippen molar-refractivity contribution in [2.24, 2.45) is 5.92 Å². The number of para-hydroxylation sites is 2. The van der Waals surface area contributed by atoms with Crippen LogP contribution in [-0.2, 0) is 0 Å². The summed E-state index contributed by atoms with van der Waals surface area (Å²) in [7, 11) is 0. The van der Waals surface area contributed by atoms with Crippen molar-refractivity contribution in [3.8, 4) is 0 Å². The Morgan fingerprint density at radius 1 is 0.839 bits per heavy atom. The van der Waals surface area contributed by atoms with Crippen LogP contribution in [0.5, 0.6) is 0 Å². The number of fused-ring (bicyclic) bond motifs is 1. The molecule has 0 spiro atoms. The van der Waals surface area contributed by atoms with E-state index in [-0.39, 0.29) is 17.9 Å². The van der Waals surface area contributed by atoms with Gasteiger partial charge in [0.1, 0.15) is 0 Å². The first-order valence-electron chi connectivity index (χ1n) is 10.5. The molecule has 8 nitrogen and oxygen atoms in total. The first kappa shape index (κ1) is 20.7. The van der Waals surface area contributed by atoms with Gasteiger partial charge in [-0.2, -0.15) is 0 Å². The smallest absolute Gasteiger partial charge is 0.407 e. The van der Waals surface area contributed by atoms with E-state index in [1.807, 2.05) is 42.5 Å². The number of carboxylic acid groups (broad SMARTS) is 1. The molecule has 31 heavy (non-hydrogen) atoms. The number of amides is 4. The third-order valence-corrected chi connectivity index (χ3v) is 5.95. The summed E-state index contributed by atoms with van der Waals surface area (Å²) in [4.78, 5) is 41.8. The lowest BCUT2D eigenvalue weighted by Gasteiger charge is -2.37. The Labute approximate surface area is 181 Å². The second-order valence-electron chi connectivity index (χ2n) is 7.86. The van der Waals surface area contributed by atoms with E-state index in [9.17, 15) is 14.4 Å². The largest absolute Gasteiger partial charge is 0.465 e. The normalized spacial score (nSPS) is 16.6. The third kappa shape index (κ3) is 4.47. The van der Waals surface area contributed by atoms with Crippen LogP contribution >= 0.6 is 0 Å². The van der Waals surface area contributed by atoms with Gasteiger partial charge in [-0.05, 0) is 43.0 Å². The Morgan fingerprint density at radius 3 is 2.06 bits per heavy atom. The Kier molecular flexibility index (Phi) is 6.06. The van der Waals surface area contributed by atoms with Crippen LogP contribution in [0.25, 0.3) is 0 Å². The van der Waals surface area contributed by atoms with Crippen molar-refractivity contribution in [3.05, 3.63) is 60.2 Å². The molecule has 2 aliphatic heterocycles. The number of rotatable bonds is 3. The van der Waals surface area contributed by atoms with Crippen molar-refractivity contribution in [1.82, 2.24) is 10.2 Å². The van der Waals surface area contributed by atoms with Gasteiger partial charge in [0.2, 0.25) is 0 Å². The van der Waals surface area contributed by atoms with Crippen molar-refractivity contribution in [2.75, 3.05) is 42.5 Å². The number of nitrogens with one attached hydrogen (secondary N) is 1. The lowest BCUT2D eigenvalue weighted by atomic mass is 9.97. The van der Waals surface area contributed by atoms with Crippen molar-refractivity contribution in [3.63, 3.8) is 0 Å². The Morgan fingerprint density at radius 2 is 1.42 bits per heavy atom. The van der Waals surface area contributed by atoms with Crippen LogP contribution in [0.2, 0.25) is 0 Å². The fraction of sp³-hybridized carbons (Fsp3) is 0.348. The van der Waals surface area contributed by atoms with Crippen LogP contribution in [0.15, 0.2) is 54.6 Å². The molecule has 2 aliphatic rings. The van der Waals surface area contributed by atoms with E-state index in [1.165, 1.54) is 4.90 Å². The molecule has 1 fully saturated rings. The third-order valence-electron chi connectivity index (χ3n) is 5.95. The number of likely N-dealkylation sites (tertiary alicyclic amines) is 1. The maximum absolute atomic E-state index is 13.0. The zero-order valence-corrected chi connectivity index (χ0v) is 17.2. The molecular formula is C23H26N4O4. The van der Waals surface area contributed by atoms with Crippen LogP contribution in [-0.4, -0.2) is 60.8 Å².